The first-order chi connectivity index (χ1) is 10.1. The topological polar surface area (TPSA) is 59.5 Å². The molecule has 5 nitrogen and oxygen atoms in total. The lowest BCUT2D eigenvalue weighted by molar-refractivity contribution is -0.120. The van der Waals surface area contributed by atoms with Crippen LogP contribution in [0.1, 0.15) is 12.8 Å². The second-order valence-electron chi connectivity index (χ2n) is 4.51. The number of halogens is 1. The van der Waals surface area contributed by atoms with Crippen LogP contribution in [0.25, 0.3) is 10.8 Å². The summed E-state index contributed by atoms with van der Waals surface area (Å²) in [6, 6.07) is 5.39. The molecule has 1 heterocycles. The summed E-state index contributed by atoms with van der Waals surface area (Å²) >= 11 is 6.09. The minimum atomic E-state index is -0.167. The van der Waals surface area contributed by atoms with E-state index in [4.69, 9.17) is 16.3 Å². The maximum atomic E-state index is 12.1. The van der Waals surface area contributed by atoms with Gasteiger partial charge in [0, 0.05) is 31.5 Å². The standard InChI is InChI=1S/C15H15ClN2O3/c1-18(14(20)4-3-7-19)12-9-11-10(8-13(12)21-2)5-6-17-15(11)16/h5-9H,3-4H2,1-2H3. The monoisotopic (exact) mass is 306 g/mol. The van der Waals surface area contributed by atoms with Gasteiger partial charge in [0.2, 0.25) is 5.91 Å². The first-order valence-corrected chi connectivity index (χ1v) is 6.78. The molecule has 0 aliphatic carbocycles. The van der Waals surface area contributed by atoms with Crippen LogP contribution in [0.3, 0.4) is 0 Å². The summed E-state index contributed by atoms with van der Waals surface area (Å²) in [6.45, 7) is 0. The summed E-state index contributed by atoms with van der Waals surface area (Å²) in [5, 5.41) is 1.99. The largest absolute Gasteiger partial charge is 0.495 e. The SMILES string of the molecule is COc1cc2ccnc(Cl)c2cc1N(C)C(=O)CCC=O. The van der Waals surface area contributed by atoms with Gasteiger partial charge in [-0.1, -0.05) is 11.6 Å². The molecular weight excluding hydrogens is 292 g/mol. The molecule has 0 atom stereocenters. The molecule has 6 heteroatoms. The molecule has 1 aromatic carbocycles. The fourth-order valence-corrected chi connectivity index (χ4v) is 2.28. The number of pyridine rings is 1. The maximum Gasteiger partial charge on any atom is 0.227 e. The minimum Gasteiger partial charge on any atom is -0.495 e. The zero-order valence-corrected chi connectivity index (χ0v) is 12.6. The Morgan fingerprint density at radius 1 is 1.48 bits per heavy atom. The van der Waals surface area contributed by atoms with E-state index in [1.54, 1.807) is 19.3 Å². The number of anilines is 1. The van der Waals surface area contributed by atoms with Gasteiger partial charge < -0.3 is 14.4 Å². The number of fused-ring (bicyclic) bond motifs is 1. The molecule has 0 saturated heterocycles. The summed E-state index contributed by atoms with van der Waals surface area (Å²) < 4.78 is 5.34. The molecule has 0 fully saturated rings. The number of hydrogen-bond acceptors (Lipinski definition) is 4. The van der Waals surface area contributed by atoms with Crippen molar-refractivity contribution in [2.24, 2.45) is 0 Å². The van der Waals surface area contributed by atoms with Crippen molar-refractivity contribution in [1.82, 2.24) is 4.98 Å². The molecular formula is C15H15ClN2O3. The van der Waals surface area contributed by atoms with Crippen LogP contribution >= 0.6 is 11.6 Å². The van der Waals surface area contributed by atoms with E-state index < -0.39 is 0 Å². The third kappa shape index (κ3) is 3.13. The van der Waals surface area contributed by atoms with E-state index in [0.717, 1.165) is 17.1 Å². The van der Waals surface area contributed by atoms with Crippen LogP contribution in [0.15, 0.2) is 24.4 Å². The number of ether oxygens (including phenoxy) is 1. The summed E-state index contributed by atoms with van der Waals surface area (Å²) in [7, 11) is 3.18. The average molecular weight is 307 g/mol. The minimum absolute atomic E-state index is 0.155. The number of carbonyl (C=O) groups is 2. The fourth-order valence-electron chi connectivity index (χ4n) is 2.06. The number of carbonyl (C=O) groups excluding carboxylic acids is 2. The Hall–Kier alpha value is -2.14. The fraction of sp³-hybridized carbons (Fsp3) is 0.267. The van der Waals surface area contributed by atoms with E-state index in [0.29, 0.717) is 16.6 Å². The number of hydrogen-bond donors (Lipinski definition) is 0. The van der Waals surface area contributed by atoms with E-state index >= 15 is 0 Å². The Bertz CT molecular complexity index is 688. The van der Waals surface area contributed by atoms with Crippen molar-refractivity contribution >= 4 is 40.3 Å². The number of nitrogens with zero attached hydrogens (tertiary/aromatic N) is 2. The van der Waals surface area contributed by atoms with Crippen LogP contribution in [0, 0.1) is 0 Å². The van der Waals surface area contributed by atoms with Gasteiger partial charge in [0.25, 0.3) is 0 Å². The predicted molar refractivity (Wildman–Crippen MR) is 82.0 cm³/mol. The Balaban J connectivity index is 2.48. The lowest BCUT2D eigenvalue weighted by Crippen LogP contribution is -2.26. The van der Waals surface area contributed by atoms with Gasteiger partial charge in [-0.2, -0.15) is 0 Å². The normalized spacial score (nSPS) is 10.4. The highest BCUT2D eigenvalue weighted by molar-refractivity contribution is 6.34. The molecule has 0 saturated carbocycles. The number of rotatable bonds is 5. The highest BCUT2D eigenvalue weighted by atomic mass is 35.5. The molecule has 21 heavy (non-hydrogen) atoms. The van der Waals surface area contributed by atoms with Gasteiger partial charge in [0.1, 0.15) is 17.2 Å². The molecule has 0 spiro atoms. The second-order valence-corrected chi connectivity index (χ2v) is 4.86. The van der Waals surface area contributed by atoms with Gasteiger partial charge in [-0.05, 0) is 23.6 Å². The van der Waals surface area contributed by atoms with E-state index in [2.05, 4.69) is 4.98 Å². The van der Waals surface area contributed by atoms with E-state index in [1.165, 1.54) is 12.0 Å². The van der Waals surface area contributed by atoms with Crippen LogP contribution in [0.4, 0.5) is 5.69 Å². The Morgan fingerprint density at radius 3 is 2.90 bits per heavy atom. The van der Waals surface area contributed by atoms with E-state index in [9.17, 15) is 9.59 Å². The van der Waals surface area contributed by atoms with Gasteiger partial charge in [-0.15, -0.1) is 0 Å². The van der Waals surface area contributed by atoms with Crippen molar-refractivity contribution in [1.29, 1.82) is 0 Å². The molecule has 2 aromatic rings. The zero-order valence-electron chi connectivity index (χ0n) is 11.8. The van der Waals surface area contributed by atoms with Crippen LogP contribution in [-0.2, 0) is 9.59 Å². The van der Waals surface area contributed by atoms with Gasteiger partial charge in [0.15, 0.2) is 0 Å². The number of benzene rings is 1. The Kier molecular flexibility index (Phi) is 4.75. The van der Waals surface area contributed by atoms with Gasteiger partial charge in [-0.3, -0.25) is 4.79 Å². The molecule has 1 amide bonds. The number of aromatic nitrogens is 1. The third-order valence-corrected chi connectivity index (χ3v) is 3.53. The first kappa shape index (κ1) is 15.3. The summed E-state index contributed by atoms with van der Waals surface area (Å²) in [5.74, 6) is 0.395. The Morgan fingerprint density at radius 2 is 2.24 bits per heavy atom. The lowest BCUT2D eigenvalue weighted by atomic mass is 10.1. The molecule has 0 bridgehead atoms. The lowest BCUT2D eigenvalue weighted by Gasteiger charge is -2.20. The van der Waals surface area contributed by atoms with Crippen LogP contribution in [-0.4, -0.2) is 31.3 Å². The highest BCUT2D eigenvalue weighted by Gasteiger charge is 2.17. The number of methoxy groups -OCH3 is 1. The Labute approximate surface area is 127 Å². The average Bonchev–Trinajstić information content (AvgIpc) is 2.51. The van der Waals surface area contributed by atoms with Crippen molar-refractivity contribution in [2.75, 3.05) is 19.1 Å². The molecule has 0 N–H and O–H groups in total. The van der Waals surface area contributed by atoms with E-state index in [1.807, 2.05) is 12.1 Å². The molecule has 110 valence electrons. The van der Waals surface area contributed by atoms with Crippen molar-refractivity contribution in [2.45, 2.75) is 12.8 Å². The van der Waals surface area contributed by atoms with Crippen LogP contribution < -0.4 is 9.64 Å². The maximum absolute atomic E-state index is 12.1. The van der Waals surface area contributed by atoms with Crippen molar-refractivity contribution in [3.8, 4) is 5.75 Å². The van der Waals surface area contributed by atoms with Crippen molar-refractivity contribution < 1.29 is 14.3 Å². The first-order valence-electron chi connectivity index (χ1n) is 6.41. The van der Waals surface area contributed by atoms with Crippen LogP contribution in [0.5, 0.6) is 5.75 Å². The number of aldehydes is 1. The highest BCUT2D eigenvalue weighted by Crippen LogP contribution is 2.35. The predicted octanol–water partition coefficient (Wildman–Crippen LogP) is 2.84. The molecule has 0 aliphatic rings. The number of amides is 1. The smallest absolute Gasteiger partial charge is 0.227 e. The summed E-state index contributed by atoms with van der Waals surface area (Å²) in [5.41, 5.74) is 0.593. The van der Waals surface area contributed by atoms with Gasteiger partial charge >= 0.3 is 0 Å². The van der Waals surface area contributed by atoms with E-state index in [-0.39, 0.29) is 18.7 Å². The van der Waals surface area contributed by atoms with Crippen LogP contribution in [0.2, 0.25) is 5.15 Å². The molecule has 2 rings (SSSR count). The molecule has 0 radical (unpaired) electrons. The van der Waals surface area contributed by atoms with Crippen molar-refractivity contribution in [3.63, 3.8) is 0 Å². The zero-order chi connectivity index (χ0) is 15.4. The quantitative estimate of drug-likeness (QED) is 0.629. The summed E-state index contributed by atoms with van der Waals surface area (Å²) in [6.07, 6.45) is 2.69. The summed E-state index contributed by atoms with van der Waals surface area (Å²) in [4.78, 5) is 27.9. The third-order valence-electron chi connectivity index (χ3n) is 3.23. The molecule has 0 aliphatic heterocycles. The molecule has 1 aromatic heterocycles. The molecule has 0 unspecified atom stereocenters. The van der Waals surface area contributed by atoms with Gasteiger partial charge in [0.05, 0.1) is 12.8 Å². The van der Waals surface area contributed by atoms with Gasteiger partial charge in [-0.25, -0.2) is 4.98 Å². The second kappa shape index (κ2) is 6.54. The van der Waals surface area contributed by atoms with Crippen molar-refractivity contribution in [3.05, 3.63) is 29.5 Å².